The maximum Gasteiger partial charge on any atom is 0.409 e. The third-order valence-corrected chi connectivity index (χ3v) is 7.11. The summed E-state index contributed by atoms with van der Waals surface area (Å²) in [7, 11) is 0. The number of nitrogens with zero attached hydrogens (tertiary/aromatic N) is 1. The van der Waals surface area contributed by atoms with E-state index in [9.17, 15) is 29.4 Å². The molecule has 6 atom stereocenters. The maximum absolute atomic E-state index is 13.2. The molecule has 1 fully saturated rings. The molecule has 38 heavy (non-hydrogen) atoms. The average molecular weight is 534 g/mol. The predicted molar refractivity (Wildman–Crippen MR) is 142 cm³/mol. The highest BCUT2D eigenvalue weighted by atomic mass is 16.6. The Bertz CT molecular complexity index is 944. The molecule has 9 heteroatoms. The quantitative estimate of drug-likeness (QED) is 0.230. The molecule has 1 amide bonds. The number of hydrogen-bond donors (Lipinski definition) is 2. The van der Waals surface area contributed by atoms with E-state index in [2.05, 4.69) is 0 Å². The van der Waals surface area contributed by atoms with Crippen LogP contribution in [0.25, 0.3) is 0 Å². The second-order valence-electron chi connectivity index (χ2n) is 10.8. The number of carbonyl (C=O) groups excluding carboxylic acids is 4. The van der Waals surface area contributed by atoms with E-state index in [1.54, 1.807) is 43.1 Å². The smallest absolute Gasteiger partial charge is 0.409 e. The number of aliphatic hydroxyl groups excluding tert-OH is 1. The van der Waals surface area contributed by atoms with Crippen LogP contribution in [0.1, 0.15) is 66.7 Å². The van der Waals surface area contributed by atoms with Crippen LogP contribution in [0.5, 0.6) is 0 Å². The monoisotopic (exact) mass is 533 g/mol. The standard InChI is InChI=1S/C29H43NO8/c1-19(18-37-28(35)30-15-6-7-16-30)9-8-10-20(2)26-21(3)11-12-25(38-22(4)31)29(5,36)14-13-23(32)17-24(33)27(26)34/h8-12,19,21,23,25-26,32,36H,6-7,13-18H2,1-5H3/b9-8+,12-11+,20-10+/t19-,21+,23+,25+,26-,29+/m1/s1. The van der Waals surface area contributed by atoms with Gasteiger partial charge in [0.15, 0.2) is 0 Å². The predicted octanol–water partition coefficient (Wildman–Crippen LogP) is 3.53. The molecule has 2 aliphatic rings. The molecule has 1 aliphatic carbocycles. The normalized spacial score (nSPS) is 31.4. The molecule has 212 valence electrons. The van der Waals surface area contributed by atoms with E-state index < -0.39 is 47.2 Å². The van der Waals surface area contributed by atoms with Crippen molar-refractivity contribution in [2.24, 2.45) is 17.8 Å². The van der Waals surface area contributed by atoms with E-state index in [1.165, 1.54) is 13.8 Å². The minimum absolute atomic E-state index is 0.0570. The Balaban J connectivity index is 2.20. The van der Waals surface area contributed by atoms with Crippen molar-refractivity contribution in [3.63, 3.8) is 0 Å². The summed E-state index contributed by atoms with van der Waals surface area (Å²) in [6.07, 6.45) is 8.00. The summed E-state index contributed by atoms with van der Waals surface area (Å²) in [5.41, 5.74) is -0.826. The largest absolute Gasteiger partial charge is 0.455 e. The zero-order valence-corrected chi connectivity index (χ0v) is 23.2. The van der Waals surface area contributed by atoms with Crippen LogP contribution in [0.15, 0.2) is 36.0 Å². The number of ether oxygens (including phenoxy) is 2. The first-order valence-corrected chi connectivity index (χ1v) is 13.4. The Morgan fingerprint density at radius 3 is 2.50 bits per heavy atom. The fourth-order valence-corrected chi connectivity index (χ4v) is 4.74. The van der Waals surface area contributed by atoms with Gasteiger partial charge in [0, 0.05) is 32.4 Å². The third-order valence-electron chi connectivity index (χ3n) is 7.11. The van der Waals surface area contributed by atoms with Crippen molar-refractivity contribution < 1.29 is 38.9 Å². The Kier molecular flexibility index (Phi) is 11.9. The summed E-state index contributed by atoms with van der Waals surface area (Å²) in [4.78, 5) is 51.4. The van der Waals surface area contributed by atoms with Gasteiger partial charge in [-0.1, -0.05) is 43.7 Å². The first kappa shape index (κ1) is 31.4. The van der Waals surface area contributed by atoms with E-state index in [1.807, 2.05) is 13.0 Å². The van der Waals surface area contributed by atoms with Gasteiger partial charge in [-0.25, -0.2) is 4.79 Å². The maximum atomic E-state index is 13.2. The first-order chi connectivity index (χ1) is 17.8. The molecule has 0 spiro atoms. The molecule has 0 bridgehead atoms. The van der Waals surface area contributed by atoms with E-state index in [0.29, 0.717) is 5.57 Å². The number of amides is 1. The van der Waals surface area contributed by atoms with Gasteiger partial charge in [-0.3, -0.25) is 14.4 Å². The van der Waals surface area contributed by atoms with Crippen LogP contribution in [0.3, 0.4) is 0 Å². The molecule has 0 radical (unpaired) electrons. The summed E-state index contributed by atoms with van der Waals surface area (Å²) in [5, 5.41) is 21.3. The highest BCUT2D eigenvalue weighted by Gasteiger charge is 2.36. The van der Waals surface area contributed by atoms with Gasteiger partial charge in [0.05, 0.1) is 18.6 Å². The lowest BCUT2D eigenvalue weighted by molar-refractivity contribution is -0.156. The van der Waals surface area contributed by atoms with Crippen LogP contribution in [0, 0.1) is 17.8 Å². The van der Waals surface area contributed by atoms with Crippen LogP contribution in [-0.4, -0.2) is 76.2 Å². The molecule has 0 aromatic carbocycles. The molecule has 0 unspecified atom stereocenters. The number of carbonyl (C=O) groups is 4. The molecule has 0 aromatic rings. The number of ketones is 2. The van der Waals surface area contributed by atoms with E-state index >= 15 is 0 Å². The van der Waals surface area contributed by atoms with Crippen LogP contribution >= 0.6 is 0 Å². The van der Waals surface area contributed by atoms with Gasteiger partial charge in [0.25, 0.3) is 0 Å². The lowest BCUT2D eigenvalue weighted by Gasteiger charge is -2.32. The summed E-state index contributed by atoms with van der Waals surface area (Å²) in [5.74, 6) is -3.16. The van der Waals surface area contributed by atoms with Gasteiger partial charge in [-0.2, -0.15) is 0 Å². The fraction of sp³-hybridized carbons (Fsp3) is 0.655. The van der Waals surface area contributed by atoms with Crippen molar-refractivity contribution in [2.75, 3.05) is 19.7 Å². The van der Waals surface area contributed by atoms with E-state index in [-0.39, 0.29) is 37.9 Å². The second-order valence-corrected chi connectivity index (χ2v) is 10.8. The van der Waals surface area contributed by atoms with Gasteiger partial charge in [0.1, 0.15) is 11.7 Å². The minimum atomic E-state index is -1.47. The fourth-order valence-electron chi connectivity index (χ4n) is 4.74. The molecule has 0 saturated carbocycles. The number of esters is 1. The van der Waals surface area contributed by atoms with Gasteiger partial charge < -0.3 is 24.6 Å². The Morgan fingerprint density at radius 1 is 1.21 bits per heavy atom. The first-order valence-electron chi connectivity index (χ1n) is 13.4. The molecule has 1 saturated heterocycles. The minimum Gasteiger partial charge on any atom is -0.455 e. The topological polar surface area (TPSA) is 130 Å². The summed E-state index contributed by atoms with van der Waals surface area (Å²) in [6, 6.07) is 0. The number of likely N-dealkylation sites (tertiary alicyclic amines) is 1. The molecule has 2 rings (SSSR count). The van der Waals surface area contributed by atoms with E-state index in [4.69, 9.17) is 9.47 Å². The van der Waals surface area contributed by atoms with Crippen molar-refractivity contribution in [2.45, 2.75) is 84.5 Å². The number of aliphatic hydroxyl groups is 2. The Hall–Kier alpha value is -2.78. The highest BCUT2D eigenvalue weighted by Crippen LogP contribution is 2.29. The lowest BCUT2D eigenvalue weighted by Crippen LogP contribution is -2.42. The van der Waals surface area contributed by atoms with E-state index in [0.717, 1.165) is 25.9 Å². The molecule has 9 nitrogen and oxygen atoms in total. The van der Waals surface area contributed by atoms with Gasteiger partial charge >= 0.3 is 12.1 Å². The number of Topliss-reactive ketones (excluding diaryl/α,β-unsaturated/α-hetero) is 2. The van der Waals surface area contributed by atoms with Gasteiger partial charge in [-0.05, 0) is 51.5 Å². The summed E-state index contributed by atoms with van der Waals surface area (Å²) >= 11 is 0. The van der Waals surface area contributed by atoms with Gasteiger partial charge in [0.2, 0.25) is 11.6 Å². The van der Waals surface area contributed by atoms with Crippen molar-refractivity contribution in [3.8, 4) is 0 Å². The van der Waals surface area contributed by atoms with Crippen molar-refractivity contribution in [3.05, 3.63) is 36.0 Å². The molecule has 0 aromatic heterocycles. The van der Waals surface area contributed by atoms with Crippen LogP contribution in [0.4, 0.5) is 4.79 Å². The SMILES string of the molecule is CC(=O)O[C@H]1/C=C/[C@H](C)[C@@H](/C(C)=C/C=C/[C@@H](C)COC(=O)N2CCCC2)C(=O)C(=O)C[C@@H](O)CC[C@]1(C)O. The van der Waals surface area contributed by atoms with Crippen molar-refractivity contribution >= 4 is 23.6 Å². The second kappa shape index (κ2) is 14.4. The third kappa shape index (κ3) is 9.51. The Morgan fingerprint density at radius 2 is 1.87 bits per heavy atom. The zero-order chi connectivity index (χ0) is 28.5. The van der Waals surface area contributed by atoms with Crippen LogP contribution < -0.4 is 0 Å². The molecule has 1 aliphatic heterocycles. The number of hydrogen-bond acceptors (Lipinski definition) is 8. The Labute approximate surface area is 225 Å². The average Bonchev–Trinajstić information content (AvgIpc) is 3.38. The molecule has 2 N–H and O–H groups in total. The van der Waals surface area contributed by atoms with Crippen LogP contribution in [0.2, 0.25) is 0 Å². The van der Waals surface area contributed by atoms with Crippen molar-refractivity contribution in [1.82, 2.24) is 4.90 Å². The number of rotatable bonds is 6. The van der Waals surface area contributed by atoms with Crippen molar-refractivity contribution in [1.29, 1.82) is 0 Å². The number of allylic oxidation sites excluding steroid dienone is 4. The molecular weight excluding hydrogens is 490 g/mol. The van der Waals surface area contributed by atoms with Crippen LogP contribution in [-0.2, 0) is 23.9 Å². The lowest BCUT2D eigenvalue weighted by atomic mass is 9.79. The highest BCUT2D eigenvalue weighted by molar-refractivity contribution is 6.38. The summed E-state index contributed by atoms with van der Waals surface area (Å²) in [6.45, 7) is 9.88. The summed E-state index contributed by atoms with van der Waals surface area (Å²) < 4.78 is 10.7. The molecular formula is C29H43NO8. The van der Waals surface area contributed by atoms with Gasteiger partial charge in [-0.15, -0.1) is 0 Å². The molecule has 1 heterocycles. The zero-order valence-electron chi connectivity index (χ0n) is 23.2.